The van der Waals surface area contributed by atoms with E-state index in [1.807, 2.05) is 24.3 Å². The van der Waals surface area contributed by atoms with Gasteiger partial charge in [-0.2, -0.15) is 0 Å². The number of anilines is 2. The first kappa shape index (κ1) is 14.0. The molecule has 0 aliphatic carbocycles. The number of rotatable bonds is 4. The fourth-order valence-corrected chi connectivity index (χ4v) is 1.75. The molecule has 5 heteroatoms. The molecule has 0 radical (unpaired) electrons. The van der Waals surface area contributed by atoms with Crippen LogP contribution in [0.3, 0.4) is 0 Å². The van der Waals surface area contributed by atoms with E-state index in [4.69, 9.17) is 0 Å². The molecule has 5 nitrogen and oxygen atoms in total. The standard InChI is InChI=1S/C15H18N4O/c1-10(2)11-5-4-6-12(7-11)19-15(20)13-8-18-14(16-3)9-17-13/h4-10H,1-3H3,(H,16,18)(H,19,20). The molecule has 20 heavy (non-hydrogen) atoms. The molecule has 2 aromatic rings. The van der Waals surface area contributed by atoms with Crippen molar-refractivity contribution in [1.82, 2.24) is 9.97 Å². The number of benzene rings is 1. The van der Waals surface area contributed by atoms with E-state index in [9.17, 15) is 4.79 Å². The molecule has 0 spiro atoms. The lowest BCUT2D eigenvalue weighted by Gasteiger charge is -2.09. The number of aromatic nitrogens is 2. The summed E-state index contributed by atoms with van der Waals surface area (Å²) in [6.07, 6.45) is 2.98. The average Bonchev–Trinajstić information content (AvgIpc) is 2.47. The summed E-state index contributed by atoms with van der Waals surface area (Å²) < 4.78 is 0. The van der Waals surface area contributed by atoms with Crippen LogP contribution in [0.25, 0.3) is 0 Å². The second kappa shape index (κ2) is 6.14. The van der Waals surface area contributed by atoms with Gasteiger partial charge in [0.1, 0.15) is 11.5 Å². The Bertz CT molecular complexity index is 593. The van der Waals surface area contributed by atoms with Gasteiger partial charge in [-0.15, -0.1) is 0 Å². The third-order valence-corrected chi connectivity index (χ3v) is 2.95. The van der Waals surface area contributed by atoms with Crippen molar-refractivity contribution in [2.45, 2.75) is 19.8 Å². The van der Waals surface area contributed by atoms with E-state index in [0.717, 1.165) is 5.69 Å². The van der Waals surface area contributed by atoms with Crippen LogP contribution in [0.15, 0.2) is 36.7 Å². The predicted octanol–water partition coefficient (Wildman–Crippen LogP) is 2.89. The number of nitrogens with one attached hydrogen (secondary N) is 2. The molecule has 0 bridgehead atoms. The Morgan fingerprint density at radius 3 is 2.60 bits per heavy atom. The van der Waals surface area contributed by atoms with Crippen LogP contribution in [0, 0.1) is 0 Å². The number of amides is 1. The second-order valence-corrected chi connectivity index (χ2v) is 4.77. The molecule has 0 aliphatic rings. The zero-order valence-electron chi connectivity index (χ0n) is 11.8. The summed E-state index contributed by atoms with van der Waals surface area (Å²) in [7, 11) is 1.75. The molecule has 0 saturated carbocycles. The minimum absolute atomic E-state index is 0.263. The molecule has 1 aromatic carbocycles. The lowest BCUT2D eigenvalue weighted by atomic mass is 10.0. The van der Waals surface area contributed by atoms with E-state index >= 15 is 0 Å². The van der Waals surface area contributed by atoms with Crippen LogP contribution in [0.5, 0.6) is 0 Å². The normalized spacial score (nSPS) is 10.4. The summed E-state index contributed by atoms with van der Waals surface area (Å²) in [6.45, 7) is 4.23. The zero-order valence-corrected chi connectivity index (χ0v) is 11.8. The van der Waals surface area contributed by atoms with Crippen LogP contribution in [-0.4, -0.2) is 22.9 Å². The summed E-state index contributed by atoms with van der Waals surface area (Å²) in [6, 6.07) is 7.81. The Kier molecular flexibility index (Phi) is 4.30. The van der Waals surface area contributed by atoms with Crippen LogP contribution in [0.1, 0.15) is 35.8 Å². The van der Waals surface area contributed by atoms with E-state index in [1.165, 1.54) is 18.0 Å². The second-order valence-electron chi connectivity index (χ2n) is 4.77. The highest BCUT2D eigenvalue weighted by atomic mass is 16.1. The summed E-state index contributed by atoms with van der Waals surface area (Å²) >= 11 is 0. The molecular formula is C15H18N4O. The van der Waals surface area contributed by atoms with E-state index in [0.29, 0.717) is 17.4 Å². The van der Waals surface area contributed by atoms with Crippen LogP contribution in [0.2, 0.25) is 0 Å². The first-order valence-electron chi connectivity index (χ1n) is 6.51. The summed E-state index contributed by atoms with van der Waals surface area (Å²) in [5, 5.41) is 5.69. The molecule has 1 aromatic heterocycles. The van der Waals surface area contributed by atoms with Gasteiger partial charge in [0.25, 0.3) is 5.91 Å². The molecule has 1 amide bonds. The third kappa shape index (κ3) is 3.32. The Hall–Kier alpha value is -2.43. The van der Waals surface area contributed by atoms with Crippen molar-refractivity contribution >= 4 is 17.4 Å². The Morgan fingerprint density at radius 1 is 1.20 bits per heavy atom. The number of nitrogens with zero attached hydrogens (tertiary/aromatic N) is 2. The number of hydrogen-bond donors (Lipinski definition) is 2. The van der Waals surface area contributed by atoms with Gasteiger partial charge in [-0.1, -0.05) is 26.0 Å². The summed E-state index contributed by atoms with van der Waals surface area (Å²) in [4.78, 5) is 20.2. The van der Waals surface area contributed by atoms with Gasteiger partial charge in [0.2, 0.25) is 0 Å². The summed E-state index contributed by atoms with van der Waals surface area (Å²) in [5.74, 6) is 0.783. The Morgan fingerprint density at radius 2 is 2.00 bits per heavy atom. The van der Waals surface area contributed by atoms with E-state index in [2.05, 4.69) is 34.4 Å². The number of carbonyl (C=O) groups is 1. The molecule has 104 valence electrons. The Labute approximate surface area is 118 Å². The molecule has 0 fully saturated rings. The molecule has 1 heterocycles. The van der Waals surface area contributed by atoms with Gasteiger partial charge in [0.15, 0.2) is 0 Å². The van der Waals surface area contributed by atoms with E-state index in [-0.39, 0.29) is 5.91 Å². The molecule has 0 atom stereocenters. The van der Waals surface area contributed by atoms with Crippen molar-refractivity contribution < 1.29 is 4.79 Å². The van der Waals surface area contributed by atoms with E-state index < -0.39 is 0 Å². The van der Waals surface area contributed by atoms with Crippen LogP contribution < -0.4 is 10.6 Å². The maximum absolute atomic E-state index is 12.1. The van der Waals surface area contributed by atoms with Crippen molar-refractivity contribution in [2.75, 3.05) is 17.7 Å². The van der Waals surface area contributed by atoms with Crippen molar-refractivity contribution in [3.63, 3.8) is 0 Å². The fraction of sp³-hybridized carbons (Fsp3) is 0.267. The SMILES string of the molecule is CNc1cnc(C(=O)Nc2cccc(C(C)C)c2)cn1. The maximum atomic E-state index is 12.1. The van der Waals surface area contributed by atoms with Crippen LogP contribution >= 0.6 is 0 Å². The number of hydrogen-bond acceptors (Lipinski definition) is 4. The molecule has 2 rings (SSSR count). The van der Waals surface area contributed by atoms with Crippen molar-refractivity contribution in [1.29, 1.82) is 0 Å². The van der Waals surface area contributed by atoms with Gasteiger partial charge in [-0.05, 0) is 23.6 Å². The monoisotopic (exact) mass is 270 g/mol. The van der Waals surface area contributed by atoms with Crippen molar-refractivity contribution in [2.24, 2.45) is 0 Å². The number of carbonyl (C=O) groups excluding carboxylic acids is 1. The predicted molar refractivity (Wildman–Crippen MR) is 80.1 cm³/mol. The zero-order chi connectivity index (χ0) is 14.5. The first-order chi connectivity index (χ1) is 9.60. The molecule has 0 saturated heterocycles. The first-order valence-corrected chi connectivity index (χ1v) is 6.51. The third-order valence-electron chi connectivity index (χ3n) is 2.95. The van der Waals surface area contributed by atoms with Crippen LogP contribution in [-0.2, 0) is 0 Å². The van der Waals surface area contributed by atoms with Crippen molar-refractivity contribution in [3.8, 4) is 0 Å². The lowest BCUT2D eigenvalue weighted by Crippen LogP contribution is -2.14. The highest BCUT2D eigenvalue weighted by Crippen LogP contribution is 2.18. The maximum Gasteiger partial charge on any atom is 0.275 e. The average molecular weight is 270 g/mol. The van der Waals surface area contributed by atoms with Gasteiger partial charge < -0.3 is 10.6 Å². The smallest absolute Gasteiger partial charge is 0.275 e. The van der Waals surface area contributed by atoms with Crippen molar-refractivity contribution in [3.05, 3.63) is 47.9 Å². The van der Waals surface area contributed by atoms with Gasteiger partial charge in [-0.3, -0.25) is 4.79 Å². The van der Waals surface area contributed by atoms with Gasteiger partial charge >= 0.3 is 0 Å². The minimum atomic E-state index is -0.263. The largest absolute Gasteiger partial charge is 0.372 e. The fourth-order valence-electron chi connectivity index (χ4n) is 1.75. The molecular weight excluding hydrogens is 252 g/mol. The van der Waals surface area contributed by atoms with Gasteiger partial charge in [-0.25, -0.2) is 9.97 Å². The van der Waals surface area contributed by atoms with Crippen LogP contribution in [0.4, 0.5) is 11.5 Å². The molecule has 0 unspecified atom stereocenters. The summed E-state index contributed by atoms with van der Waals surface area (Å²) in [5.41, 5.74) is 2.24. The van der Waals surface area contributed by atoms with E-state index in [1.54, 1.807) is 7.05 Å². The van der Waals surface area contributed by atoms with Gasteiger partial charge in [0, 0.05) is 12.7 Å². The quantitative estimate of drug-likeness (QED) is 0.896. The lowest BCUT2D eigenvalue weighted by molar-refractivity contribution is 0.102. The minimum Gasteiger partial charge on any atom is -0.372 e. The highest BCUT2D eigenvalue weighted by molar-refractivity contribution is 6.02. The Balaban J connectivity index is 2.12. The molecule has 2 N–H and O–H groups in total. The molecule has 0 aliphatic heterocycles. The highest BCUT2D eigenvalue weighted by Gasteiger charge is 2.09. The van der Waals surface area contributed by atoms with Gasteiger partial charge in [0.05, 0.1) is 12.4 Å². The topological polar surface area (TPSA) is 66.9 Å².